The van der Waals surface area contributed by atoms with Crippen LogP contribution in [0.5, 0.6) is 0 Å². The molecule has 27 heavy (non-hydrogen) atoms. The molecule has 0 aliphatic carbocycles. The van der Waals surface area contributed by atoms with Gasteiger partial charge in [-0.05, 0) is 30.3 Å². The van der Waals surface area contributed by atoms with E-state index in [1.54, 1.807) is 30.3 Å². The molecule has 0 radical (unpaired) electrons. The van der Waals surface area contributed by atoms with E-state index < -0.39 is 30.0 Å². The molecule has 2 aromatic rings. The summed E-state index contributed by atoms with van der Waals surface area (Å²) in [6.07, 6.45) is 0.153. The van der Waals surface area contributed by atoms with Crippen LogP contribution < -0.4 is 5.01 Å². The van der Waals surface area contributed by atoms with Crippen LogP contribution in [0.15, 0.2) is 53.6 Å². The predicted molar refractivity (Wildman–Crippen MR) is 92.2 cm³/mol. The lowest BCUT2D eigenvalue weighted by Gasteiger charge is -2.22. The molecule has 0 spiro atoms. The molecule has 1 aliphatic heterocycles. The number of esters is 1. The van der Waals surface area contributed by atoms with Crippen molar-refractivity contribution in [1.82, 2.24) is 0 Å². The summed E-state index contributed by atoms with van der Waals surface area (Å²) in [5.74, 6) is -4.05. The molecule has 1 amide bonds. The minimum atomic E-state index is -1.17. The molecule has 1 heterocycles. The lowest BCUT2D eigenvalue weighted by Crippen LogP contribution is -2.35. The molecule has 0 atom stereocenters. The van der Waals surface area contributed by atoms with Gasteiger partial charge >= 0.3 is 5.97 Å². The van der Waals surface area contributed by atoms with E-state index in [4.69, 9.17) is 4.74 Å². The average Bonchev–Trinajstić information content (AvgIpc) is 2.69. The minimum Gasteiger partial charge on any atom is -0.453 e. The first-order valence-corrected chi connectivity index (χ1v) is 8.06. The van der Waals surface area contributed by atoms with Crippen LogP contribution in [0.2, 0.25) is 0 Å². The summed E-state index contributed by atoms with van der Waals surface area (Å²) in [5.41, 5.74) is 0.385. The highest BCUT2D eigenvalue weighted by Crippen LogP contribution is 2.20. The van der Waals surface area contributed by atoms with Gasteiger partial charge in [0.15, 0.2) is 24.0 Å². The molecule has 3 rings (SSSR count). The number of carbonyl (C=O) groups excluding carboxylic acids is 3. The maximum Gasteiger partial charge on any atom is 0.354 e. The number of amides is 1. The number of hydrogen-bond donors (Lipinski definition) is 0. The summed E-state index contributed by atoms with van der Waals surface area (Å²) in [7, 11) is 0. The van der Waals surface area contributed by atoms with E-state index in [-0.39, 0.29) is 30.0 Å². The Morgan fingerprint density at radius 1 is 1.04 bits per heavy atom. The van der Waals surface area contributed by atoms with E-state index in [9.17, 15) is 23.2 Å². The maximum absolute atomic E-state index is 13.2. The van der Waals surface area contributed by atoms with E-state index in [1.807, 2.05) is 0 Å². The molecule has 0 saturated carbocycles. The molecule has 138 valence electrons. The van der Waals surface area contributed by atoms with Crippen LogP contribution in [-0.2, 0) is 14.3 Å². The fourth-order valence-corrected chi connectivity index (χ4v) is 2.44. The summed E-state index contributed by atoms with van der Waals surface area (Å²) >= 11 is 0. The number of anilines is 1. The number of carbonyl (C=O) groups is 3. The van der Waals surface area contributed by atoms with E-state index in [0.29, 0.717) is 5.69 Å². The number of Topliss-reactive ketones (excluding diaryl/α,β-unsaturated/α-hetero) is 1. The maximum atomic E-state index is 13.2. The molecule has 0 unspecified atom stereocenters. The molecule has 1 aliphatic rings. The van der Waals surface area contributed by atoms with E-state index in [1.165, 1.54) is 0 Å². The van der Waals surface area contributed by atoms with E-state index >= 15 is 0 Å². The summed E-state index contributed by atoms with van der Waals surface area (Å²) in [6, 6.07) is 11.2. The molecule has 0 bridgehead atoms. The van der Waals surface area contributed by atoms with Crippen LogP contribution >= 0.6 is 0 Å². The SMILES string of the molecule is O=C(OCC(=O)c1ccc(F)c(F)c1)C1=NN(c2ccccc2)C(=O)CC1. The van der Waals surface area contributed by atoms with Gasteiger partial charge in [-0.2, -0.15) is 5.10 Å². The Kier molecular flexibility index (Phi) is 5.35. The number of rotatable bonds is 5. The quantitative estimate of drug-likeness (QED) is 0.597. The number of para-hydroxylation sites is 1. The lowest BCUT2D eigenvalue weighted by molar-refractivity contribution is -0.134. The Morgan fingerprint density at radius 2 is 1.78 bits per heavy atom. The van der Waals surface area contributed by atoms with Crippen molar-refractivity contribution in [2.45, 2.75) is 12.8 Å². The summed E-state index contributed by atoms with van der Waals surface area (Å²) < 4.78 is 31.0. The Hall–Kier alpha value is -3.42. The summed E-state index contributed by atoms with van der Waals surface area (Å²) in [4.78, 5) is 36.1. The van der Waals surface area contributed by atoms with E-state index in [2.05, 4.69) is 5.10 Å². The van der Waals surface area contributed by atoms with Crippen molar-refractivity contribution in [2.24, 2.45) is 5.10 Å². The number of ether oxygens (including phenoxy) is 1. The molecular formula is C19H14F2N2O4. The number of ketones is 1. The van der Waals surface area contributed by atoms with Gasteiger partial charge in [0.1, 0.15) is 5.71 Å². The van der Waals surface area contributed by atoms with Gasteiger partial charge in [0, 0.05) is 18.4 Å². The van der Waals surface area contributed by atoms with Gasteiger partial charge in [-0.3, -0.25) is 9.59 Å². The van der Waals surface area contributed by atoms with Crippen LogP contribution in [0, 0.1) is 11.6 Å². The molecular weight excluding hydrogens is 358 g/mol. The Labute approximate surface area is 153 Å². The second kappa shape index (κ2) is 7.86. The van der Waals surface area contributed by atoms with Crippen molar-refractivity contribution in [3.05, 3.63) is 65.7 Å². The van der Waals surface area contributed by atoms with Gasteiger partial charge in [-0.1, -0.05) is 18.2 Å². The van der Waals surface area contributed by atoms with Gasteiger partial charge in [-0.25, -0.2) is 18.6 Å². The number of nitrogens with zero attached hydrogens (tertiary/aromatic N) is 2. The van der Waals surface area contributed by atoms with Gasteiger partial charge in [0.2, 0.25) is 5.91 Å². The number of halogens is 2. The molecule has 0 N–H and O–H groups in total. The first-order chi connectivity index (χ1) is 13.0. The summed E-state index contributed by atoms with van der Waals surface area (Å²) in [6.45, 7) is -0.651. The first-order valence-electron chi connectivity index (χ1n) is 8.06. The van der Waals surface area contributed by atoms with Gasteiger partial charge in [0.25, 0.3) is 0 Å². The highest BCUT2D eigenvalue weighted by atomic mass is 19.2. The topological polar surface area (TPSA) is 76.0 Å². The molecule has 0 aromatic heterocycles. The van der Waals surface area contributed by atoms with Crippen molar-refractivity contribution in [1.29, 1.82) is 0 Å². The highest BCUT2D eigenvalue weighted by Gasteiger charge is 2.27. The van der Waals surface area contributed by atoms with Crippen molar-refractivity contribution in [3.8, 4) is 0 Å². The van der Waals surface area contributed by atoms with Crippen LogP contribution in [0.25, 0.3) is 0 Å². The number of hydrogen-bond acceptors (Lipinski definition) is 5. The third-order valence-electron chi connectivity index (χ3n) is 3.84. The standard InChI is InChI=1S/C19H14F2N2O4/c20-14-7-6-12(10-15(14)21)17(24)11-27-19(26)16-8-9-18(25)23(22-16)13-4-2-1-3-5-13/h1-7,10H,8-9,11H2. The highest BCUT2D eigenvalue weighted by molar-refractivity contribution is 6.38. The van der Waals surface area contributed by atoms with Crippen LogP contribution in [0.1, 0.15) is 23.2 Å². The minimum absolute atomic E-state index is 0.00320. The molecule has 2 aromatic carbocycles. The van der Waals surface area contributed by atoms with Crippen molar-refractivity contribution in [3.63, 3.8) is 0 Å². The molecule has 0 saturated heterocycles. The monoisotopic (exact) mass is 372 g/mol. The summed E-state index contributed by atoms with van der Waals surface area (Å²) in [5, 5.41) is 5.12. The smallest absolute Gasteiger partial charge is 0.354 e. The van der Waals surface area contributed by atoms with E-state index in [0.717, 1.165) is 23.2 Å². The van der Waals surface area contributed by atoms with Crippen molar-refractivity contribution in [2.75, 3.05) is 11.6 Å². The number of benzene rings is 2. The molecule has 6 nitrogen and oxygen atoms in total. The number of hydrazone groups is 1. The normalized spacial score (nSPS) is 13.9. The Morgan fingerprint density at radius 3 is 2.48 bits per heavy atom. The third kappa shape index (κ3) is 4.22. The average molecular weight is 372 g/mol. The van der Waals surface area contributed by atoms with Crippen LogP contribution in [0.4, 0.5) is 14.5 Å². The first kappa shape index (κ1) is 18.4. The van der Waals surface area contributed by atoms with Crippen LogP contribution in [0.3, 0.4) is 0 Å². The Balaban J connectivity index is 1.67. The second-order valence-corrected chi connectivity index (χ2v) is 5.72. The van der Waals surface area contributed by atoms with Gasteiger partial charge < -0.3 is 4.74 Å². The zero-order valence-corrected chi connectivity index (χ0v) is 14.0. The Bertz CT molecular complexity index is 929. The lowest BCUT2D eigenvalue weighted by atomic mass is 10.1. The van der Waals surface area contributed by atoms with Gasteiger partial charge in [-0.15, -0.1) is 0 Å². The molecule has 0 fully saturated rings. The zero-order valence-electron chi connectivity index (χ0n) is 14.0. The predicted octanol–water partition coefficient (Wildman–Crippen LogP) is 2.87. The third-order valence-corrected chi connectivity index (χ3v) is 3.84. The van der Waals surface area contributed by atoms with Crippen molar-refractivity contribution < 1.29 is 27.9 Å². The fourth-order valence-electron chi connectivity index (χ4n) is 2.44. The molecule has 8 heteroatoms. The van der Waals surface area contributed by atoms with Crippen molar-refractivity contribution >= 4 is 29.1 Å². The van der Waals surface area contributed by atoms with Gasteiger partial charge in [0.05, 0.1) is 5.69 Å². The fraction of sp³-hybridized carbons (Fsp3) is 0.158. The zero-order chi connectivity index (χ0) is 19.4. The van der Waals surface area contributed by atoms with Crippen LogP contribution in [-0.4, -0.2) is 30.0 Å². The second-order valence-electron chi connectivity index (χ2n) is 5.72. The largest absolute Gasteiger partial charge is 0.453 e.